The molecule has 1 N–H and O–H groups in total. The van der Waals surface area contributed by atoms with Gasteiger partial charge in [-0.25, -0.2) is 0 Å². The highest BCUT2D eigenvalue weighted by molar-refractivity contribution is 7.99. The molecule has 0 saturated carbocycles. The number of anilines is 2. The number of nitrogens with one attached hydrogen (secondary N) is 1. The molecule has 0 radical (unpaired) electrons. The largest absolute Gasteiger partial charge is 0.469 e. The first-order valence-corrected chi connectivity index (χ1v) is 12.5. The van der Waals surface area contributed by atoms with Crippen molar-refractivity contribution in [2.75, 3.05) is 29.1 Å². The molecule has 0 spiro atoms. The lowest BCUT2D eigenvalue weighted by Gasteiger charge is -2.28. The predicted octanol–water partition coefficient (Wildman–Crippen LogP) is 5.56. The van der Waals surface area contributed by atoms with E-state index in [1.165, 1.54) is 36.7 Å². The molecule has 2 aromatic carbocycles. The minimum atomic E-state index is -0.0839. The third kappa shape index (κ3) is 4.87. The summed E-state index contributed by atoms with van der Waals surface area (Å²) in [7, 11) is 0. The fraction of sp³-hybridized carbons (Fsp3) is 0.269. The van der Waals surface area contributed by atoms with Crippen LogP contribution in [0.4, 0.5) is 11.4 Å². The van der Waals surface area contributed by atoms with E-state index in [-0.39, 0.29) is 11.7 Å². The lowest BCUT2D eigenvalue weighted by Crippen LogP contribution is -2.29. The zero-order valence-electron chi connectivity index (χ0n) is 19.1. The molecule has 5 rings (SSSR count). The summed E-state index contributed by atoms with van der Waals surface area (Å²) in [4.78, 5) is 15.1. The van der Waals surface area contributed by atoms with Crippen LogP contribution in [0.15, 0.2) is 76.5 Å². The number of hydrogen-bond acceptors (Lipinski definition) is 6. The van der Waals surface area contributed by atoms with Gasteiger partial charge < -0.3 is 14.6 Å². The first kappa shape index (κ1) is 22.3. The van der Waals surface area contributed by atoms with Crippen LogP contribution in [-0.2, 0) is 4.79 Å². The van der Waals surface area contributed by atoms with E-state index in [4.69, 9.17) is 4.42 Å². The minimum Gasteiger partial charge on any atom is -0.469 e. The number of aryl methyl sites for hydroxylation is 1. The van der Waals surface area contributed by atoms with Gasteiger partial charge in [0.2, 0.25) is 5.91 Å². The number of aromatic nitrogens is 3. The maximum Gasteiger partial charge on any atom is 0.234 e. The second-order valence-corrected chi connectivity index (χ2v) is 9.24. The Morgan fingerprint density at radius 3 is 2.44 bits per heavy atom. The van der Waals surface area contributed by atoms with E-state index in [9.17, 15) is 4.79 Å². The summed E-state index contributed by atoms with van der Waals surface area (Å²) >= 11 is 1.36. The number of benzene rings is 2. The van der Waals surface area contributed by atoms with E-state index in [0.717, 1.165) is 35.8 Å². The Morgan fingerprint density at radius 1 is 0.971 bits per heavy atom. The van der Waals surface area contributed by atoms with Gasteiger partial charge in [0.25, 0.3) is 0 Å². The molecule has 1 aliphatic rings. The van der Waals surface area contributed by atoms with E-state index >= 15 is 0 Å². The van der Waals surface area contributed by atoms with Gasteiger partial charge in [0, 0.05) is 30.2 Å². The van der Waals surface area contributed by atoms with Gasteiger partial charge in [-0.15, -0.1) is 10.2 Å². The number of hydrogen-bond donors (Lipinski definition) is 1. The summed E-state index contributed by atoms with van der Waals surface area (Å²) in [6.07, 6.45) is 5.44. The molecule has 1 fully saturated rings. The van der Waals surface area contributed by atoms with Gasteiger partial charge in [0.05, 0.1) is 17.6 Å². The van der Waals surface area contributed by atoms with Crippen molar-refractivity contribution < 1.29 is 9.21 Å². The molecule has 2 aromatic heterocycles. The average molecular weight is 474 g/mol. The number of rotatable bonds is 7. The Hall–Kier alpha value is -3.52. The highest BCUT2D eigenvalue weighted by atomic mass is 32.2. The molecule has 0 atom stereocenters. The van der Waals surface area contributed by atoms with E-state index in [1.54, 1.807) is 6.26 Å². The standard InChI is InChI=1S/C26H27N5O2S/c1-19-23(14-17-33-19)25-28-29-26(31(25)22-8-4-2-5-9-22)34-18-24(32)27-20-10-12-21(13-11-20)30-15-6-3-7-16-30/h2,4-5,8-14,17H,3,6-7,15-16,18H2,1H3,(H,27,32). The van der Waals surface area contributed by atoms with Crippen LogP contribution in [0.1, 0.15) is 25.0 Å². The molecule has 0 aliphatic carbocycles. The van der Waals surface area contributed by atoms with Crippen molar-refractivity contribution in [3.05, 3.63) is 72.7 Å². The van der Waals surface area contributed by atoms with Gasteiger partial charge in [-0.2, -0.15) is 0 Å². The molecule has 7 nitrogen and oxygen atoms in total. The number of carbonyl (C=O) groups is 1. The molecule has 0 unspecified atom stereocenters. The Morgan fingerprint density at radius 2 is 1.74 bits per heavy atom. The maximum atomic E-state index is 12.7. The fourth-order valence-electron chi connectivity index (χ4n) is 4.20. The third-order valence-corrected chi connectivity index (χ3v) is 6.88. The molecule has 1 amide bonds. The Kier molecular flexibility index (Phi) is 6.67. The molecule has 8 heteroatoms. The van der Waals surface area contributed by atoms with Crippen LogP contribution in [0.2, 0.25) is 0 Å². The molecular formula is C26H27N5O2S. The summed E-state index contributed by atoms with van der Waals surface area (Å²) in [5, 5.41) is 12.4. The highest BCUT2D eigenvalue weighted by Crippen LogP contribution is 2.30. The summed E-state index contributed by atoms with van der Waals surface area (Å²) in [5.74, 6) is 1.60. The van der Waals surface area contributed by atoms with Gasteiger partial charge in [-0.05, 0) is 68.7 Å². The van der Waals surface area contributed by atoms with Crippen molar-refractivity contribution in [3.8, 4) is 17.1 Å². The van der Waals surface area contributed by atoms with Crippen LogP contribution >= 0.6 is 11.8 Å². The van der Waals surface area contributed by atoms with Gasteiger partial charge in [0.15, 0.2) is 11.0 Å². The number of furan rings is 1. The summed E-state index contributed by atoms with van der Waals surface area (Å²) in [6.45, 7) is 4.10. The van der Waals surface area contributed by atoms with Crippen molar-refractivity contribution >= 4 is 29.0 Å². The molecular weight excluding hydrogens is 446 g/mol. The normalized spacial score (nSPS) is 13.7. The number of thioether (sulfide) groups is 1. The van der Waals surface area contributed by atoms with E-state index in [0.29, 0.717) is 11.0 Å². The van der Waals surface area contributed by atoms with Crippen molar-refractivity contribution in [3.63, 3.8) is 0 Å². The molecule has 34 heavy (non-hydrogen) atoms. The smallest absolute Gasteiger partial charge is 0.234 e. The van der Waals surface area contributed by atoms with Gasteiger partial charge in [-0.3, -0.25) is 9.36 Å². The second-order valence-electron chi connectivity index (χ2n) is 8.30. The van der Waals surface area contributed by atoms with Gasteiger partial charge in [-0.1, -0.05) is 30.0 Å². The van der Waals surface area contributed by atoms with Crippen LogP contribution in [0, 0.1) is 6.92 Å². The molecule has 4 aromatic rings. The van der Waals surface area contributed by atoms with Crippen LogP contribution in [-0.4, -0.2) is 39.5 Å². The topological polar surface area (TPSA) is 76.2 Å². The van der Waals surface area contributed by atoms with Gasteiger partial charge >= 0.3 is 0 Å². The fourth-order valence-corrected chi connectivity index (χ4v) is 4.95. The van der Waals surface area contributed by atoms with Crippen molar-refractivity contribution in [1.82, 2.24) is 14.8 Å². The van der Waals surface area contributed by atoms with E-state index in [1.807, 2.05) is 60.0 Å². The molecule has 1 aliphatic heterocycles. The summed E-state index contributed by atoms with van der Waals surface area (Å²) in [5.41, 5.74) is 3.82. The molecule has 3 heterocycles. The second kappa shape index (κ2) is 10.2. The molecule has 174 valence electrons. The summed E-state index contributed by atoms with van der Waals surface area (Å²) in [6, 6.07) is 19.9. The van der Waals surface area contributed by atoms with Crippen molar-refractivity contribution in [2.24, 2.45) is 0 Å². The number of para-hydroxylation sites is 1. The predicted molar refractivity (Wildman–Crippen MR) is 136 cm³/mol. The Balaban J connectivity index is 1.28. The quantitative estimate of drug-likeness (QED) is 0.354. The SMILES string of the molecule is Cc1occc1-c1nnc(SCC(=O)Nc2ccc(N3CCCCC3)cc2)n1-c1ccccc1. The molecule has 1 saturated heterocycles. The summed E-state index contributed by atoms with van der Waals surface area (Å²) < 4.78 is 7.44. The zero-order chi connectivity index (χ0) is 23.3. The first-order valence-electron chi connectivity index (χ1n) is 11.5. The van der Waals surface area contributed by atoms with Crippen molar-refractivity contribution in [1.29, 1.82) is 0 Å². The minimum absolute atomic E-state index is 0.0839. The lowest BCUT2D eigenvalue weighted by molar-refractivity contribution is -0.113. The van der Waals surface area contributed by atoms with Crippen LogP contribution in [0.5, 0.6) is 0 Å². The number of nitrogens with zero attached hydrogens (tertiary/aromatic N) is 4. The van der Waals surface area contributed by atoms with Crippen LogP contribution in [0.25, 0.3) is 17.1 Å². The third-order valence-electron chi connectivity index (χ3n) is 5.95. The van der Waals surface area contributed by atoms with Crippen molar-refractivity contribution in [2.45, 2.75) is 31.3 Å². The average Bonchev–Trinajstić information content (AvgIpc) is 3.50. The molecule has 0 bridgehead atoms. The Labute approximate surface area is 203 Å². The maximum absolute atomic E-state index is 12.7. The van der Waals surface area contributed by atoms with Crippen LogP contribution < -0.4 is 10.2 Å². The van der Waals surface area contributed by atoms with Gasteiger partial charge in [0.1, 0.15) is 5.76 Å². The first-order chi connectivity index (χ1) is 16.7. The lowest BCUT2D eigenvalue weighted by atomic mass is 10.1. The van der Waals surface area contributed by atoms with E-state index in [2.05, 4.69) is 32.5 Å². The monoisotopic (exact) mass is 473 g/mol. The highest BCUT2D eigenvalue weighted by Gasteiger charge is 2.20. The Bertz CT molecular complexity index is 1240. The van der Waals surface area contributed by atoms with E-state index < -0.39 is 0 Å². The number of piperidine rings is 1. The number of carbonyl (C=O) groups excluding carboxylic acids is 1. The zero-order valence-corrected chi connectivity index (χ0v) is 19.9. The van der Waals surface area contributed by atoms with Crippen LogP contribution in [0.3, 0.4) is 0 Å². The number of amides is 1.